The lowest BCUT2D eigenvalue weighted by Gasteiger charge is -2.33. The molecule has 3 N–H and O–H groups in total. The van der Waals surface area contributed by atoms with E-state index in [1.54, 1.807) is 6.20 Å². The summed E-state index contributed by atoms with van der Waals surface area (Å²) in [5, 5.41) is 3.62. The highest BCUT2D eigenvalue weighted by atomic mass is 16.5. The van der Waals surface area contributed by atoms with Crippen molar-refractivity contribution in [1.29, 1.82) is 0 Å². The van der Waals surface area contributed by atoms with Crippen LogP contribution in [0.1, 0.15) is 54.2 Å². The maximum absolute atomic E-state index is 6.46. The molecule has 2 atom stereocenters. The number of pyridine rings is 2. The van der Waals surface area contributed by atoms with Crippen LogP contribution in [-0.4, -0.2) is 16.6 Å². The van der Waals surface area contributed by atoms with Gasteiger partial charge in [-0.05, 0) is 60.2 Å². The van der Waals surface area contributed by atoms with Crippen LogP contribution in [0.15, 0.2) is 67.1 Å². The maximum atomic E-state index is 6.46. The fourth-order valence-electron chi connectivity index (χ4n) is 4.82. The summed E-state index contributed by atoms with van der Waals surface area (Å²) in [6, 6.07) is 16.5. The van der Waals surface area contributed by atoms with Crippen molar-refractivity contribution >= 4 is 0 Å². The Bertz CT molecular complexity index is 987. The molecule has 148 valence electrons. The van der Waals surface area contributed by atoms with E-state index in [2.05, 4.69) is 39.6 Å². The summed E-state index contributed by atoms with van der Waals surface area (Å²) in [4.78, 5) is 8.77. The highest BCUT2D eigenvalue weighted by molar-refractivity contribution is 5.55. The highest BCUT2D eigenvalue weighted by Crippen LogP contribution is 2.45. The predicted molar refractivity (Wildman–Crippen MR) is 112 cm³/mol. The lowest BCUT2D eigenvalue weighted by molar-refractivity contribution is 0.251. The third-order valence-electron chi connectivity index (χ3n) is 6.25. The standard InChI is InChI=1S/C24H26N4O/c25-23-22-21(9-4-12-27-22)24(28-23,18-10-13-26-14-11-18)19-7-3-8-20(15-19)29-16-17-5-1-2-6-17/h3-4,7-15,17,23,28H,1-2,5-6,16,25H2. The van der Waals surface area contributed by atoms with Crippen molar-refractivity contribution in [1.82, 2.24) is 15.3 Å². The molecule has 0 bridgehead atoms. The molecule has 5 rings (SSSR count). The number of hydrogen-bond donors (Lipinski definition) is 2. The quantitative estimate of drug-likeness (QED) is 0.696. The van der Waals surface area contributed by atoms with Crippen LogP contribution in [0.4, 0.5) is 0 Å². The molecule has 1 fully saturated rings. The SMILES string of the molecule is NC1NC(c2ccncc2)(c2cccc(OCC3CCCC3)c2)c2cccnc21. The summed E-state index contributed by atoms with van der Waals surface area (Å²) < 4.78 is 6.20. The van der Waals surface area contributed by atoms with Gasteiger partial charge < -0.3 is 10.5 Å². The first-order valence-corrected chi connectivity index (χ1v) is 10.4. The normalized spacial score (nSPS) is 23.8. The van der Waals surface area contributed by atoms with E-state index >= 15 is 0 Å². The zero-order valence-electron chi connectivity index (χ0n) is 16.4. The van der Waals surface area contributed by atoms with Crippen molar-refractivity contribution in [2.75, 3.05) is 6.61 Å². The molecule has 5 nitrogen and oxygen atoms in total. The molecule has 3 heterocycles. The molecule has 0 radical (unpaired) electrons. The van der Waals surface area contributed by atoms with E-state index < -0.39 is 5.54 Å². The molecule has 5 heteroatoms. The molecule has 1 aliphatic heterocycles. The minimum atomic E-state index is -0.585. The van der Waals surface area contributed by atoms with E-state index in [4.69, 9.17) is 10.5 Å². The Kier molecular flexibility index (Phi) is 4.78. The maximum Gasteiger partial charge on any atom is 0.119 e. The highest BCUT2D eigenvalue weighted by Gasteiger charge is 2.46. The first kappa shape index (κ1) is 18.3. The second-order valence-electron chi connectivity index (χ2n) is 8.03. The van der Waals surface area contributed by atoms with E-state index in [1.807, 2.05) is 36.7 Å². The number of nitrogens with one attached hydrogen (secondary N) is 1. The summed E-state index contributed by atoms with van der Waals surface area (Å²) in [6.07, 6.45) is 10.3. The molecule has 0 amide bonds. The molecular formula is C24H26N4O. The number of ether oxygens (including phenoxy) is 1. The molecule has 0 spiro atoms. The van der Waals surface area contributed by atoms with Crippen molar-refractivity contribution in [3.63, 3.8) is 0 Å². The van der Waals surface area contributed by atoms with Crippen LogP contribution in [0.25, 0.3) is 0 Å². The summed E-state index contributed by atoms with van der Waals surface area (Å²) >= 11 is 0. The van der Waals surface area contributed by atoms with E-state index in [9.17, 15) is 0 Å². The topological polar surface area (TPSA) is 73.1 Å². The lowest BCUT2D eigenvalue weighted by Crippen LogP contribution is -2.42. The van der Waals surface area contributed by atoms with Crippen molar-refractivity contribution in [3.8, 4) is 5.75 Å². The van der Waals surface area contributed by atoms with Crippen LogP contribution in [0.2, 0.25) is 0 Å². The Labute approximate surface area is 171 Å². The summed E-state index contributed by atoms with van der Waals surface area (Å²) in [5.41, 5.74) is 10.0. The summed E-state index contributed by atoms with van der Waals surface area (Å²) in [5.74, 6) is 1.58. The molecular weight excluding hydrogens is 360 g/mol. The fourth-order valence-corrected chi connectivity index (χ4v) is 4.82. The molecule has 1 aliphatic carbocycles. The smallest absolute Gasteiger partial charge is 0.119 e. The zero-order chi connectivity index (χ0) is 19.7. The van der Waals surface area contributed by atoms with E-state index in [0.717, 1.165) is 34.7 Å². The average molecular weight is 386 g/mol. The molecule has 2 unspecified atom stereocenters. The second kappa shape index (κ2) is 7.58. The van der Waals surface area contributed by atoms with Gasteiger partial charge in [-0.1, -0.05) is 31.0 Å². The van der Waals surface area contributed by atoms with E-state index in [1.165, 1.54) is 25.7 Å². The van der Waals surface area contributed by atoms with Gasteiger partial charge in [-0.3, -0.25) is 15.3 Å². The third kappa shape index (κ3) is 3.20. The second-order valence-corrected chi connectivity index (χ2v) is 8.03. The Morgan fingerprint density at radius 3 is 2.66 bits per heavy atom. The number of nitrogens with zero attached hydrogens (tertiary/aromatic N) is 2. The average Bonchev–Trinajstić information content (AvgIpc) is 3.40. The third-order valence-corrected chi connectivity index (χ3v) is 6.25. The van der Waals surface area contributed by atoms with Gasteiger partial charge in [0.2, 0.25) is 0 Å². The van der Waals surface area contributed by atoms with Gasteiger partial charge in [-0.2, -0.15) is 0 Å². The largest absolute Gasteiger partial charge is 0.493 e. The van der Waals surface area contributed by atoms with Gasteiger partial charge in [0.15, 0.2) is 0 Å². The van der Waals surface area contributed by atoms with Crippen molar-refractivity contribution in [2.24, 2.45) is 11.7 Å². The van der Waals surface area contributed by atoms with Crippen LogP contribution in [0.5, 0.6) is 5.75 Å². The van der Waals surface area contributed by atoms with Gasteiger partial charge in [-0.15, -0.1) is 0 Å². The number of rotatable bonds is 5. The van der Waals surface area contributed by atoms with Gasteiger partial charge >= 0.3 is 0 Å². The lowest BCUT2D eigenvalue weighted by atomic mass is 9.79. The molecule has 1 aromatic carbocycles. The number of aromatic nitrogens is 2. The van der Waals surface area contributed by atoms with Crippen LogP contribution in [-0.2, 0) is 5.54 Å². The fraction of sp³-hybridized carbons (Fsp3) is 0.333. The minimum absolute atomic E-state index is 0.345. The number of hydrogen-bond acceptors (Lipinski definition) is 5. The van der Waals surface area contributed by atoms with E-state index in [0.29, 0.717) is 5.92 Å². The Morgan fingerprint density at radius 2 is 1.83 bits per heavy atom. The Balaban J connectivity index is 1.57. The molecule has 29 heavy (non-hydrogen) atoms. The zero-order valence-corrected chi connectivity index (χ0v) is 16.4. The predicted octanol–water partition coefficient (Wildman–Crippen LogP) is 3.90. The van der Waals surface area contributed by atoms with Crippen LogP contribution in [0, 0.1) is 5.92 Å². The molecule has 0 saturated heterocycles. The van der Waals surface area contributed by atoms with Gasteiger partial charge in [0, 0.05) is 24.2 Å². The van der Waals surface area contributed by atoms with Gasteiger partial charge in [0.25, 0.3) is 0 Å². The first-order chi connectivity index (χ1) is 14.3. The van der Waals surface area contributed by atoms with E-state index in [-0.39, 0.29) is 6.17 Å². The molecule has 2 aromatic heterocycles. The van der Waals surface area contributed by atoms with Crippen molar-refractivity contribution in [2.45, 2.75) is 37.4 Å². The van der Waals surface area contributed by atoms with Gasteiger partial charge in [0.1, 0.15) is 11.9 Å². The number of nitrogens with two attached hydrogens (primary N) is 1. The number of fused-ring (bicyclic) bond motifs is 1. The first-order valence-electron chi connectivity index (χ1n) is 10.4. The van der Waals surface area contributed by atoms with Crippen LogP contribution < -0.4 is 15.8 Å². The van der Waals surface area contributed by atoms with Crippen molar-refractivity contribution < 1.29 is 4.74 Å². The molecule has 2 aliphatic rings. The molecule has 1 saturated carbocycles. The van der Waals surface area contributed by atoms with Gasteiger partial charge in [-0.25, -0.2) is 0 Å². The Hall–Kier alpha value is -2.76. The summed E-state index contributed by atoms with van der Waals surface area (Å²) in [6.45, 7) is 0.788. The monoisotopic (exact) mass is 386 g/mol. The van der Waals surface area contributed by atoms with Gasteiger partial charge in [0.05, 0.1) is 17.8 Å². The Morgan fingerprint density at radius 1 is 1.00 bits per heavy atom. The number of benzene rings is 1. The molecule has 3 aromatic rings. The minimum Gasteiger partial charge on any atom is -0.493 e. The van der Waals surface area contributed by atoms with Crippen LogP contribution in [0.3, 0.4) is 0 Å². The van der Waals surface area contributed by atoms with Crippen molar-refractivity contribution in [3.05, 3.63) is 89.5 Å². The van der Waals surface area contributed by atoms with Crippen LogP contribution >= 0.6 is 0 Å². The summed E-state index contributed by atoms with van der Waals surface area (Å²) in [7, 11) is 0.